The number of ether oxygens (including phenoxy) is 1. The molecule has 0 fully saturated rings. The maximum absolute atomic E-state index is 11.6. The number of nitrogens with one attached hydrogen (secondary N) is 2. The van der Waals surface area contributed by atoms with Crippen molar-refractivity contribution in [1.82, 2.24) is 9.97 Å². The van der Waals surface area contributed by atoms with E-state index < -0.39 is 0 Å². The summed E-state index contributed by atoms with van der Waals surface area (Å²) in [6.07, 6.45) is 2.37. The number of nitrogens with zero attached hydrogens (tertiary/aromatic N) is 2. The zero-order valence-corrected chi connectivity index (χ0v) is 14.5. The summed E-state index contributed by atoms with van der Waals surface area (Å²) in [4.78, 5) is 18.5. The van der Waals surface area contributed by atoms with Crippen LogP contribution in [-0.4, -0.2) is 16.2 Å². The summed E-state index contributed by atoms with van der Waals surface area (Å²) in [5.74, 6) is 1.14. The van der Waals surface area contributed by atoms with Gasteiger partial charge in [-0.15, -0.1) is 0 Å². The first kappa shape index (κ1) is 17.4. The lowest BCUT2D eigenvalue weighted by atomic mass is 10.1. The van der Waals surface area contributed by atoms with Crippen molar-refractivity contribution in [3.63, 3.8) is 0 Å². The van der Waals surface area contributed by atoms with Crippen LogP contribution in [0.25, 0.3) is 0 Å². The molecule has 132 valence electrons. The van der Waals surface area contributed by atoms with Crippen molar-refractivity contribution < 1.29 is 4.74 Å². The van der Waals surface area contributed by atoms with Gasteiger partial charge in [0, 0.05) is 17.3 Å². The zero-order chi connectivity index (χ0) is 18.2. The van der Waals surface area contributed by atoms with Crippen LogP contribution in [0.4, 0.5) is 5.95 Å². The highest BCUT2D eigenvalue weighted by Crippen LogP contribution is 2.13. The highest BCUT2D eigenvalue weighted by molar-refractivity contribution is 5.82. The summed E-state index contributed by atoms with van der Waals surface area (Å²) >= 11 is 0. The van der Waals surface area contributed by atoms with Crippen LogP contribution >= 0.6 is 0 Å². The van der Waals surface area contributed by atoms with E-state index in [-0.39, 0.29) is 5.56 Å². The minimum absolute atomic E-state index is 0.203. The van der Waals surface area contributed by atoms with Gasteiger partial charge in [0.15, 0.2) is 0 Å². The van der Waals surface area contributed by atoms with Crippen molar-refractivity contribution >= 4 is 12.2 Å². The van der Waals surface area contributed by atoms with Crippen molar-refractivity contribution in [3.05, 3.63) is 87.8 Å². The van der Waals surface area contributed by atoms with Gasteiger partial charge in [-0.2, -0.15) is 5.10 Å². The van der Waals surface area contributed by atoms with E-state index in [1.165, 1.54) is 6.07 Å². The molecule has 3 aromatic rings. The fourth-order valence-electron chi connectivity index (χ4n) is 2.37. The molecule has 0 aliphatic rings. The quantitative estimate of drug-likeness (QED) is 0.507. The van der Waals surface area contributed by atoms with E-state index in [9.17, 15) is 4.79 Å². The Morgan fingerprint density at radius 1 is 1.15 bits per heavy atom. The second-order valence-corrected chi connectivity index (χ2v) is 5.61. The Balaban J connectivity index is 1.69. The van der Waals surface area contributed by atoms with E-state index >= 15 is 0 Å². The second kappa shape index (κ2) is 8.62. The first-order chi connectivity index (χ1) is 12.7. The van der Waals surface area contributed by atoms with Crippen LogP contribution in [0.2, 0.25) is 0 Å². The molecule has 0 unspecified atom stereocenters. The van der Waals surface area contributed by atoms with E-state index in [1.54, 1.807) is 6.21 Å². The molecule has 3 rings (SSSR count). The van der Waals surface area contributed by atoms with Gasteiger partial charge in [0.2, 0.25) is 5.95 Å². The Morgan fingerprint density at radius 2 is 1.92 bits per heavy atom. The molecule has 1 aromatic heterocycles. The number of anilines is 1. The van der Waals surface area contributed by atoms with Gasteiger partial charge >= 0.3 is 0 Å². The molecule has 0 aliphatic carbocycles. The van der Waals surface area contributed by atoms with Crippen LogP contribution < -0.4 is 15.7 Å². The molecule has 2 aromatic carbocycles. The summed E-state index contributed by atoms with van der Waals surface area (Å²) in [5, 5.41) is 4.18. The average molecular weight is 348 g/mol. The molecule has 0 amide bonds. The third-order valence-corrected chi connectivity index (χ3v) is 3.72. The largest absolute Gasteiger partial charge is 0.489 e. The molecule has 1 heterocycles. The van der Waals surface area contributed by atoms with Gasteiger partial charge in [-0.05, 0) is 24.1 Å². The monoisotopic (exact) mass is 348 g/mol. The minimum atomic E-state index is -0.203. The molecule has 0 atom stereocenters. The lowest BCUT2D eigenvalue weighted by Crippen LogP contribution is -2.11. The molecule has 6 nitrogen and oxygen atoms in total. The lowest BCUT2D eigenvalue weighted by molar-refractivity contribution is 0.306. The van der Waals surface area contributed by atoms with Crippen LogP contribution in [0.1, 0.15) is 23.7 Å². The number of aryl methyl sites for hydroxylation is 1. The number of H-pyrrole nitrogens is 1. The van der Waals surface area contributed by atoms with Gasteiger partial charge in [-0.3, -0.25) is 9.78 Å². The third kappa shape index (κ3) is 4.80. The second-order valence-electron chi connectivity index (χ2n) is 5.61. The van der Waals surface area contributed by atoms with Crippen molar-refractivity contribution in [2.75, 3.05) is 5.43 Å². The van der Waals surface area contributed by atoms with Gasteiger partial charge in [-0.25, -0.2) is 10.4 Å². The van der Waals surface area contributed by atoms with Crippen molar-refractivity contribution in [1.29, 1.82) is 0 Å². The first-order valence-corrected chi connectivity index (χ1v) is 8.39. The standard InChI is InChI=1S/C20H20N4O2/c1-2-17-12-19(25)23-20(22-17)24-21-13-15-8-6-7-9-16(15)14-26-18-10-4-3-5-11-18/h3-13H,2,14H2,1H3,(H2,22,23,24,25)/b21-13-. The topological polar surface area (TPSA) is 79.4 Å². The van der Waals surface area contributed by atoms with Gasteiger partial charge in [0.05, 0.1) is 6.21 Å². The van der Waals surface area contributed by atoms with E-state index in [0.29, 0.717) is 24.7 Å². The average Bonchev–Trinajstić information content (AvgIpc) is 2.67. The molecule has 0 spiro atoms. The fourth-order valence-corrected chi connectivity index (χ4v) is 2.37. The molecular weight excluding hydrogens is 328 g/mol. The summed E-state index contributed by atoms with van der Waals surface area (Å²) < 4.78 is 5.80. The Bertz CT molecular complexity index is 936. The summed E-state index contributed by atoms with van der Waals surface area (Å²) in [5.41, 5.74) is 5.21. The van der Waals surface area contributed by atoms with E-state index in [4.69, 9.17) is 4.74 Å². The molecule has 2 N–H and O–H groups in total. The predicted octanol–water partition coefficient (Wildman–Crippen LogP) is 3.36. The van der Waals surface area contributed by atoms with Crippen LogP contribution in [0.3, 0.4) is 0 Å². The number of hydrogen-bond acceptors (Lipinski definition) is 5. The highest BCUT2D eigenvalue weighted by Gasteiger charge is 2.02. The highest BCUT2D eigenvalue weighted by atomic mass is 16.5. The maximum Gasteiger partial charge on any atom is 0.252 e. The van der Waals surface area contributed by atoms with Crippen LogP contribution in [0, 0.1) is 0 Å². The maximum atomic E-state index is 11.6. The van der Waals surface area contributed by atoms with E-state index in [1.807, 2.05) is 61.5 Å². The number of benzene rings is 2. The van der Waals surface area contributed by atoms with E-state index in [2.05, 4.69) is 20.5 Å². The lowest BCUT2D eigenvalue weighted by Gasteiger charge is -2.08. The van der Waals surface area contributed by atoms with Crippen LogP contribution in [0.15, 0.2) is 70.6 Å². The number of hydrogen-bond donors (Lipinski definition) is 2. The number of hydrazone groups is 1. The van der Waals surface area contributed by atoms with E-state index in [0.717, 1.165) is 16.9 Å². The molecule has 0 aliphatic heterocycles. The van der Waals surface area contributed by atoms with Crippen molar-refractivity contribution in [2.45, 2.75) is 20.0 Å². The number of aromatic amines is 1. The molecule has 0 saturated carbocycles. The van der Waals surface area contributed by atoms with Gasteiger partial charge in [0.1, 0.15) is 12.4 Å². The van der Waals surface area contributed by atoms with Gasteiger partial charge in [-0.1, -0.05) is 49.4 Å². The fraction of sp³-hybridized carbons (Fsp3) is 0.150. The Labute approximate surface area is 151 Å². The summed E-state index contributed by atoms with van der Waals surface area (Å²) in [6.45, 7) is 2.38. The van der Waals surface area contributed by atoms with Crippen LogP contribution in [0.5, 0.6) is 5.75 Å². The molecular formula is C20H20N4O2. The number of para-hydroxylation sites is 1. The molecule has 6 heteroatoms. The van der Waals surface area contributed by atoms with Gasteiger partial charge in [0.25, 0.3) is 5.56 Å². The minimum Gasteiger partial charge on any atom is -0.489 e. The molecule has 26 heavy (non-hydrogen) atoms. The predicted molar refractivity (Wildman–Crippen MR) is 103 cm³/mol. The summed E-state index contributed by atoms with van der Waals surface area (Å²) in [6, 6.07) is 19.0. The van der Waals surface area contributed by atoms with Crippen molar-refractivity contribution in [2.24, 2.45) is 5.10 Å². The third-order valence-electron chi connectivity index (χ3n) is 3.72. The van der Waals surface area contributed by atoms with Crippen LogP contribution in [-0.2, 0) is 13.0 Å². The van der Waals surface area contributed by atoms with Gasteiger partial charge < -0.3 is 4.74 Å². The molecule has 0 bridgehead atoms. The zero-order valence-electron chi connectivity index (χ0n) is 14.5. The Kier molecular flexibility index (Phi) is 5.77. The number of rotatable bonds is 7. The Morgan fingerprint density at radius 3 is 2.73 bits per heavy atom. The smallest absolute Gasteiger partial charge is 0.252 e. The Hall–Kier alpha value is -3.41. The molecule has 0 radical (unpaired) electrons. The SMILES string of the molecule is CCc1cc(=O)[nH]c(N/N=C\c2ccccc2COc2ccccc2)n1. The number of aromatic nitrogens is 2. The first-order valence-electron chi connectivity index (χ1n) is 8.39. The molecule has 0 saturated heterocycles. The normalized spacial score (nSPS) is 10.8. The van der Waals surface area contributed by atoms with Crippen molar-refractivity contribution in [3.8, 4) is 5.75 Å². The summed E-state index contributed by atoms with van der Waals surface area (Å²) in [7, 11) is 0.